The monoisotopic (exact) mass is 211 g/mol. The smallest absolute Gasteiger partial charge is 0.308 e. The van der Waals surface area contributed by atoms with E-state index in [-0.39, 0.29) is 11.9 Å². The molecule has 2 fully saturated rings. The second-order valence-electron chi connectivity index (χ2n) is 4.77. The molecule has 0 radical (unpaired) electrons. The summed E-state index contributed by atoms with van der Waals surface area (Å²) in [6, 6.07) is 0.744. The Labute approximate surface area is 91.8 Å². The molecule has 1 aliphatic carbocycles. The van der Waals surface area contributed by atoms with Gasteiger partial charge in [0, 0.05) is 6.04 Å². The number of carbonyl (C=O) groups excluding carboxylic acids is 1. The Morgan fingerprint density at radius 1 is 1.13 bits per heavy atom. The number of likely N-dealkylation sites (tertiary alicyclic amines) is 1. The van der Waals surface area contributed by atoms with Crippen LogP contribution >= 0.6 is 0 Å². The SMILES string of the molecule is COC(=O)[C@H]1CC[C@H](N2CCCC2)CC1. The molecular weight excluding hydrogens is 190 g/mol. The van der Waals surface area contributed by atoms with Crippen molar-refractivity contribution in [2.45, 2.75) is 44.6 Å². The van der Waals surface area contributed by atoms with Crippen LogP contribution in [-0.4, -0.2) is 37.1 Å². The molecule has 1 heterocycles. The minimum Gasteiger partial charge on any atom is -0.469 e. The van der Waals surface area contributed by atoms with Gasteiger partial charge in [-0.1, -0.05) is 0 Å². The van der Waals surface area contributed by atoms with E-state index in [1.807, 2.05) is 0 Å². The number of rotatable bonds is 2. The van der Waals surface area contributed by atoms with E-state index in [0.717, 1.165) is 18.9 Å². The summed E-state index contributed by atoms with van der Waals surface area (Å²) >= 11 is 0. The van der Waals surface area contributed by atoms with Crippen LogP contribution in [0.1, 0.15) is 38.5 Å². The van der Waals surface area contributed by atoms with Crippen LogP contribution in [0.15, 0.2) is 0 Å². The van der Waals surface area contributed by atoms with Crippen LogP contribution < -0.4 is 0 Å². The van der Waals surface area contributed by atoms with E-state index in [4.69, 9.17) is 4.74 Å². The van der Waals surface area contributed by atoms with Crippen molar-refractivity contribution < 1.29 is 9.53 Å². The Morgan fingerprint density at radius 2 is 1.73 bits per heavy atom. The fraction of sp³-hybridized carbons (Fsp3) is 0.917. The third-order valence-corrected chi connectivity index (χ3v) is 3.89. The van der Waals surface area contributed by atoms with Crippen LogP contribution in [-0.2, 0) is 9.53 Å². The van der Waals surface area contributed by atoms with E-state index in [1.54, 1.807) is 0 Å². The predicted molar refractivity (Wildman–Crippen MR) is 58.6 cm³/mol. The van der Waals surface area contributed by atoms with Gasteiger partial charge in [0.1, 0.15) is 0 Å². The van der Waals surface area contributed by atoms with Crippen molar-refractivity contribution in [3.05, 3.63) is 0 Å². The maximum atomic E-state index is 11.4. The van der Waals surface area contributed by atoms with Gasteiger partial charge in [-0.2, -0.15) is 0 Å². The van der Waals surface area contributed by atoms with E-state index < -0.39 is 0 Å². The molecule has 0 unspecified atom stereocenters. The first-order valence-corrected chi connectivity index (χ1v) is 6.13. The molecular formula is C12H21NO2. The lowest BCUT2D eigenvalue weighted by molar-refractivity contribution is -0.146. The van der Waals surface area contributed by atoms with Gasteiger partial charge in [0.05, 0.1) is 13.0 Å². The Morgan fingerprint density at radius 3 is 2.27 bits per heavy atom. The van der Waals surface area contributed by atoms with Crippen molar-refractivity contribution in [2.75, 3.05) is 20.2 Å². The lowest BCUT2D eigenvalue weighted by atomic mass is 9.85. The highest BCUT2D eigenvalue weighted by Gasteiger charge is 2.30. The first-order valence-electron chi connectivity index (χ1n) is 6.13. The third kappa shape index (κ3) is 2.51. The van der Waals surface area contributed by atoms with Crippen LogP contribution in [0.5, 0.6) is 0 Å². The fourth-order valence-corrected chi connectivity index (χ4v) is 2.95. The van der Waals surface area contributed by atoms with Crippen LogP contribution in [0, 0.1) is 5.92 Å². The van der Waals surface area contributed by atoms with Crippen LogP contribution in [0.4, 0.5) is 0 Å². The normalized spacial score (nSPS) is 32.9. The molecule has 0 aromatic heterocycles. The highest BCUT2D eigenvalue weighted by molar-refractivity contribution is 5.72. The van der Waals surface area contributed by atoms with Gasteiger partial charge >= 0.3 is 5.97 Å². The maximum absolute atomic E-state index is 11.4. The maximum Gasteiger partial charge on any atom is 0.308 e. The van der Waals surface area contributed by atoms with Crippen LogP contribution in [0.3, 0.4) is 0 Å². The van der Waals surface area contributed by atoms with Gasteiger partial charge in [-0.15, -0.1) is 0 Å². The summed E-state index contributed by atoms with van der Waals surface area (Å²) in [7, 11) is 1.49. The molecule has 3 nitrogen and oxygen atoms in total. The molecule has 1 saturated heterocycles. The van der Waals surface area contributed by atoms with Gasteiger partial charge in [-0.25, -0.2) is 0 Å². The highest BCUT2D eigenvalue weighted by atomic mass is 16.5. The van der Waals surface area contributed by atoms with Gasteiger partial charge in [-0.3, -0.25) is 4.79 Å². The summed E-state index contributed by atoms with van der Waals surface area (Å²) in [6.45, 7) is 2.54. The molecule has 0 amide bonds. The van der Waals surface area contributed by atoms with Crippen molar-refractivity contribution in [1.82, 2.24) is 4.90 Å². The van der Waals surface area contributed by atoms with Crippen molar-refractivity contribution >= 4 is 5.97 Å². The largest absolute Gasteiger partial charge is 0.469 e. The molecule has 15 heavy (non-hydrogen) atoms. The molecule has 1 saturated carbocycles. The minimum atomic E-state index is -0.00475. The zero-order valence-corrected chi connectivity index (χ0v) is 9.58. The molecule has 2 aliphatic rings. The number of ether oxygens (including phenoxy) is 1. The average molecular weight is 211 g/mol. The molecule has 0 N–H and O–H groups in total. The lowest BCUT2D eigenvalue weighted by Gasteiger charge is -2.33. The first-order chi connectivity index (χ1) is 7.31. The van der Waals surface area contributed by atoms with Gasteiger partial charge in [0.25, 0.3) is 0 Å². The van der Waals surface area contributed by atoms with Crippen LogP contribution in [0.25, 0.3) is 0 Å². The van der Waals surface area contributed by atoms with Crippen molar-refractivity contribution in [2.24, 2.45) is 5.92 Å². The molecule has 0 atom stereocenters. The lowest BCUT2D eigenvalue weighted by Crippen LogP contribution is -2.37. The second-order valence-corrected chi connectivity index (χ2v) is 4.77. The molecule has 0 bridgehead atoms. The first kappa shape index (κ1) is 10.9. The number of esters is 1. The van der Waals surface area contributed by atoms with E-state index in [1.165, 1.54) is 45.9 Å². The number of nitrogens with zero attached hydrogens (tertiary/aromatic N) is 1. The molecule has 86 valence electrons. The van der Waals surface area contributed by atoms with Crippen molar-refractivity contribution in [3.8, 4) is 0 Å². The average Bonchev–Trinajstić information content (AvgIpc) is 2.82. The third-order valence-electron chi connectivity index (χ3n) is 3.89. The molecule has 3 heteroatoms. The topological polar surface area (TPSA) is 29.5 Å². The molecule has 2 rings (SSSR count). The Hall–Kier alpha value is -0.570. The Balaban J connectivity index is 1.78. The summed E-state index contributed by atoms with van der Waals surface area (Å²) in [6.07, 6.45) is 7.12. The fourth-order valence-electron chi connectivity index (χ4n) is 2.95. The number of carbonyl (C=O) groups is 1. The van der Waals surface area contributed by atoms with Gasteiger partial charge in [0.15, 0.2) is 0 Å². The van der Waals surface area contributed by atoms with Crippen LogP contribution in [0.2, 0.25) is 0 Å². The number of hydrogen-bond acceptors (Lipinski definition) is 3. The molecule has 1 aliphatic heterocycles. The zero-order chi connectivity index (χ0) is 10.7. The summed E-state index contributed by atoms with van der Waals surface area (Å²) in [4.78, 5) is 14.0. The molecule has 0 aromatic rings. The highest BCUT2D eigenvalue weighted by Crippen LogP contribution is 2.29. The van der Waals surface area contributed by atoms with E-state index >= 15 is 0 Å². The van der Waals surface area contributed by atoms with Crippen molar-refractivity contribution in [3.63, 3.8) is 0 Å². The van der Waals surface area contributed by atoms with Gasteiger partial charge in [-0.05, 0) is 51.6 Å². The summed E-state index contributed by atoms with van der Waals surface area (Å²) in [5.74, 6) is 0.170. The Kier molecular flexibility index (Phi) is 3.62. The predicted octanol–water partition coefficient (Wildman–Crippen LogP) is 1.81. The van der Waals surface area contributed by atoms with E-state index in [0.29, 0.717) is 0 Å². The van der Waals surface area contributed by atoms with Gasteiger partial charge in [0.2, 0.25) is 0 Å². The van der Waals surface area contributed by atoms with E-state index in [2.05, 4.69) is 4.90 Å². The molecule has 0 spiro atoms. The minimum absolute atomic E-state index is 0.00475. The quantitative estimate of drug-likeness (QED) is 0.652. The summed E-state index contributed by atoms with van der Waals surface area (Å²) in [5, 5.41) is 0. The molecule has 0 aromatic carbocycles. The standard InChI is InChI=1S/C12H21NO2/c1-15-12(14)10-4-6-11(7-5-10)13-8-2-3-9-13/h10-11H,2-9H2,1H3/t10-,11-. The summed E-state index contributed by atoms with van der Waals surface area (Å²) < 4.78 is 4.80. The summed E-state index contributed by atoms with van der Waals surface area (Å²) in [5.41, 5.74) is 0. The van der Waals surface area contributed by atoms with Gasteiger partial charge < -0.3 is 9.64 Å². The number of hydrogen-bond donors (Lipinski definition) is 0. The van der Waals surface area contributed by atoms with Crippen molar-refractivity contribution in [1.29, 1.82) is 0 Å². The Bertz CT molecular complexity index is 216. The second kappa shape index (κ2) is 4.97. The number of methoxy groups -OCH3 is 1. The zero-order valence-electron chi connectivity index (χ0n) is 9.58. The van der Waals surface area contributed by atoms with E-state index in [9.17, 15) is 4.79 Å².